The van der Waals surface area contributed by atoms with Crippen molar-refractivity contribution in [3.63, 3.8) is 0 Å². The van der Waals surface area contributed by atoms with Gasteiger partial charge in [0, 0.05) is 12.6 Å². The largest absolute Gasteiger partial charge is 0.456 e. The minimum atomic E-state index is 0.482. The van der Waals surface area contributed by atoms with Crippen LogP contribution in [0.1, 0.15) is 30.5 Å². The number of benzene rings is 2. The van der Waals surface area contributed by atoms with Crippen molar-refractivity contribution in [1.82, 2.24) is 5.32 Å². The second-order valence-electron chi connectivity index (χ2n) is 5.65. The molecule has 2 nitrogen and oxygen atoms in total. The van der Waals surface area contributed by atoms with Gasteiger partial charge in [-0.05, 0) is 70.7 Å². The first-order chi connectivity index (χ1) is 9.95. The Balaban J connectivity index is 2.11. The van der Waals surface area contributed by atoms with Crippen LogP contribution in [0.3, 0.4) is 0 Å². The number of ether oxygens (including phenoxy) is 1. The summed E-state index contributed by atoms with van der Waals surface area (Å²) in [5, 5.41) is 3.41. The molecule has 2 rings (SSSR count). The number of aryl methyl sites for hydroxylation is 2. The predicted molar refractivity (Wildman–Crippen MR) is 92.1 cm³/mol. The standard InChI is InChI=1S/C18H22BrNO/c1-12(2)20-11-15-6-8-18(17(19)10-15)21-16-7-5-13(3)14(4)9-16/h5-10,12,20H,11H2,1-4H3. The van der Waals surface area contributed by atoms with E-state index in [4.69, 9.17) is 4.74 Å². The second kappa shape index (κ2) is 7.10. The van der Waals surface area contributed by atoms with Crippen molar-refractivity contribution in [2.45, 2.75) is 40.3 Å². The minimum absolute atomic E-state index is 0.482. The molecule has 1 N–H and O–H groups in total. The third-order valence-corrected chi connectivity index (χ3v) is 4.04. The van der Waals surface area contributed by atoms with Crippen LogP contribution in [0.5, 0.6) is 11.5 Å². The van der Waals surface area contributed by atoms with Gasteiger partial charge in [-0.25, -0.2) is 0 Å². The van der Waals surface area contributed by atoms with Crippen LogP contribution in [-0.2, 0) is 6.54 Å². The summed E-state index contributed by atoms with van der Waals surface area (Å²) in [5.74, 6) is 1.71. The predicted octanol–water partition coefficient (Wildman–Crippen LogP) is 5.36. The molecule has 21 heavy (non-hydrogen) atoms. The highest BCUT2D eigenvalue weighted by Crippen LogP contribution is 2.31. The van der Waals surface area contributed by atoms with Crippen molar-refractivity contribution in [1.29, 1.82) is 0 Å². The number of hydrogen-bond acceptors (Lipinski definition) is 2. The number of halogens is 1. The van der Waals surface area contributed by atoms with Crippen molar-refractivity contribution in [3.8, 4) is 11.5 Å². The average Bonchev–Trinajstić information content (AvgIpc) is 2.43. The lowest BCUT2D eigenvalue weighted by Crippen LogP contribution is -2.21. The maximum atomic E-state index is 5.96. The Bertz CT molecular complexity index is 623. The quantitative estimate of drug-likeness (QED) is 0.786. The fourth-order valence-electron chi connectivity index (χ4n) is 1.96. The Morgan fingerprint density at radius 1 is 1.05 bits per heavy atom. The molecule has 0 fully saturated rings. The highest BCUT2D eigenvalue weighted by molar-refractivity contribution is 9.10. The summed E-state index contributed by atoms with van der Waals surface area (Å²) in [6.07, 6.45) is 0. The second-order valence-corrected chi connectivity index (χ2v) is 6.50. The molecule has 0 aliphatic rings. The first-order valence-corrected chi connectivity index (χ1v) is 8.02. The molecule has 0 atom stereocenters. The Morgan fingerprint density at radius 3 is 2.43 bits per heavy atom. The van der Waals surface area contributed by atoms with Crippen molar-refractivity contribution >= 4 is 15.9 Å². The monoisotopic (exact) mass is 347 g/mol. The Kier molecular flexibility index (Phi) is 5.43. The van der Waals surface area contributed by atoms with Crippen LogP contribution in [0.15, 0.2) is 40.9 Å². The zero-order valence-electron chi connectivity index (χ0n) is 13.0. The molecule has 0 aliphatic carbocycles. The number of rotatable bonds is 5. The number of hydrogen-bond donors (Lipinski definition) is 1. The Morgan fingerprint density at radius 2 is 1.81 bits per heavy atom. The first-order valence-electron chi connectivity index (χ1n) is 7.22. The van der Waals surface area contributed by atoms with Crippen LogP contribution < -0.4 is 10.1 Å². The summed E-state index contributed by atoms with van der Waals surface area (Å²) in [4.78, 5) is 0. The summed E-state index contributed by atoms with van der Waals surface area (Å²) >= 11 is 3.59. The van der Waals surface area contributed by atoms with Gasteiger partial charge in [0.2, 0.25) is 0 Å². The van der Waals surface area contributed by atoms with E-state index in [1.54, 1.807) is 0 Å². The molecule has 0 saturated carbocycles. The molecule has 0 heterocycles. The van der Waals surface area contributed by atoms with E-state index in [-0.39, 0.29) is 0 Å². The molecular formula is C18H22BrNO. The molecule has 0 unspecified atom stereocenters. The number of nitrogens with one attached hydrogen (secondary N) is 1. The van der Waals surface area contributed by atoms with E-state index < -0.39 is 0 Å². The average molecular weight is 348 g/mol. The smallest absolute Gasteiger partial charge is 0.141 e. The zero-order chi connectivity index (χ0) is 15.4. The van der Waals surface area contributed by atoms with E-state index in [1.807, 2.05) is 12.1 Å². The van der Waals surface area contributed by atoms with Crippen LogP contribution in [-0.4, -0.2) is 6.04 Å². The topological polar surface area (TPSA) is 21.3 Å². The van der Waals surface area contributed by atoms with Crippen molar-refractivity contribution in [2.75, 3.05) is 0 Å². The van der Waals surface area contributed by atoms with Crippen LogP contribution in [0, 0.1) is 13.8 Å². The van der Waals surface area contributed by atoms with Crippen LogP contribution >= 0.6 is 15.9 Å². The van der Waals surface area contributed by atoms with Gasteiger partial charge < -0.3 is 10.1 Å². The molecule has 0 radical (unpaired) electrons. The Hall–Kier alpha value is -1.32. The summed E-state index contributed by atoms with van der Waals surface area (Å²) in [6.45, 7) is 9.35. The fraction of sp³-hybridized carbons (Fsp3) is 0.333. The van der Waals surface area contributed by atoms with Gasteiger partial charge >= 0.3 is 0 Å². The van der Waals surface area contributed by atoms with Crippen molar-refractivity contribution in [2.24, 2.45) is 0 Å². The highest BCUT2D eigenvalue weighted by atomic mass is 79.9. The molecule has 2 aromatic carbocycles. The third-order valence-electron chi connectivity index (χ3n) is 3.42. The van der Waals surface area contributed by atoms with Gasteiger partial charge in [-0.3, -0.25) is 0 Å². The van der Waals surface area contributed by atoms with Crippen LogP contribution in [0.2, 0.25) is 0 Å². The highest BCUT2D eigenvalue weighted by Gasteiger charge is 2.05. The van der Waals surface area contributed by atoms with Gasteiger partial charge in [0.15, 0.2) is 0 Å². The molecule has 0 amide bonds. The zero-order valence-corrected chi connectivity index (χ0v) is 14.6. The third kappa shape index (κ3) is 4.58. The summed E-state index contributed by atoms with van der Waals surface area (Å²) in [6, 6.07) is 12.8. The molecule has 0 saturated heterocycles. The molecule has 3 heteroatoms. The van der Waals surface area contributed by atoms with Crippen molar-refractivity contribution in [3.05, 3.63) is 57.6 Å². The molecular weight excluding hydrogens is 326 g/mol. The van der Waals surface area contributed by atoms with Crippen molar-refractivity contribution < 1.29 is 4.74 Å². The summed E-state index contributed by atoms with van der Waals surface area (Å²) in [7, 11) is 0. The van der Waals surface area contributed by atoms with E-state index in [2.05, 4.69) is 73.2 Å². The van der Waals surface area contributed by atoms with E-state index in [0.717, 1.165) is 22.5 Å². The summed E-state index contributed by atoms with van der Waals surface area (Å²) < 4.78 is 6.93. The maximum Gasteiger partial charge on any atom is 0.141 e. The van der Waals surface area contributed by atoms with Gasteiger partial charge in [0.05, 0.1) is 4.47 Å². The fourth-order valence-corrected chi connectivity index (χ4v) is 2.47. The molecule has 0 spiro atoms. The SMILES string of the molecule is Cc1ccc(Oc2ccc(CNC(C)C)cc2Br)cc1C. The Labute approximate surface area is 135 Å². The molecule has 0 aromatic heterocycles. The van der Waals surface area contributed by atoms with Crippen LogP contribution in [0.25, 0.3) is 0 Å². The maximum absolute atomic E-state index is 5.96. The molecule has 112 valence electrons. The van der Waals surface area contributed by atoms with E-state index in [1.165, 1.54) is 16.7 Å². The lowest BCUT2D eigenvalue weighted by atomic mass is 10.1. The summed E-state index contributed by atoms with van der Waals surface area (Å²) in [5.41, 5.74) is 3.75. The molecule has 0 bridgehead atoms. The molecule has 2 aromatic rings. The van der Waals surface area contributed by atoms with Crippen LogP contribution in [0.4, 0.5) is 0 Å². The van der Waals surface area contributed by atoms with E-state index in [9.17, 15) is 0 Å². The van der Waals surface area contributed by atoms with E-state index >= 15 is 0 Å². The molecule has 0 aliphatic heterocycles. The first kappa shape index (κ1) is 16.1. The van der Waals surface area contributed by atoms with Gasteiger partial charge in [0.1, 0.15) is 11.5 Å². The van der Waals surface area contributed by atoms with Gasteiger partial charge in [-0.1, -0.05) is 26.0 Å². The lowest BCUT2D eigenvalue weighted by molar-refractivity contribution is 0.478. The van der Waals surface area contributed by atoms with Gasteiger partial charge in [-0.2, -0.15) is 0 Å². The lowest BCUT2D eigenvalue weighted by Gasteiger charge is -2.12. The van der Waals surface area contributed by atoms with Gasteiger partial charge in [-0.15, -0.1) is 0 Å². The van der Waals surface area contributed by atoms with E-state index in [0.29, 0.717) is 6.04 Å². The normalized spacial score (nSPS) is 11.0. The van der Waals surface area contributed by atoms with Gasteiger partial charge in [0.25, 0.3) is 0 Å². The minimum Gasteiger partial charge on any atom is -0.456 e.